The minimum Gasteiger partial charge on any atom is -0.279 e. The van der Waals surface area contributed by atoms with Gasteiger partial charge in [0.2, 0.25) is 0 Å². The largest absolute Gasteiger partial charge is 0.522 e. The highest BCUT2D eigenvalue weighted by atomic mass is 32.2. The summed E-state index contributed by atoms with van der Waals surface area (Å²) in [6, 6.07) is 26.3. The average Bonchev–Trinajstić information content (AvgIpc) is 2.65. The number of alkyl halides is 3. The molecule has 8 heteroatoms. The van der Waals surface area contributed by atoms with E-state index in [4.69, 9.17) is 13.0 Å². The minimum atomic E-state index is -5.84. The number of hydrogen-bond acceptors (Lipinski definition) is 2. The van der Waals surface area contributed by atoms with Gasteiger partial charge in [-0.1, -0.05) is 54.1 Å². The molecule has 0 saturated carbocycles. The third kappa shape index (κ3) is 6.10. The lowest BCUT2D eigenvalue weighted by Crippen LogP contribution is -2.21. The van der Waals surface area contributed by atoms with Gasteiger partial charge in [-0.2, -0.15) is 21.6 Å². The van der Waals surface area contributed by atoms with Gasteiger partial charge in [0, 0.05) is 11.1 Å². The number of hydrogen-bond donors (Lipinski definition) is 1. The highest BCUT2D eigenvalue weighted by Crippen LogP contribution is 2.35. The van der Waals surface area contributed by atoms with Crippen molar-refractivity contribution >= 4 is 21.0 Å². The molecule has 0 aliphatic carbocycles. The zero-order valence-corrected chi connectivity index (χ0v) is 18.3. The van der Waals surface area contributed by atoms with Crippen molar-refractivity contribution in [1.29, 1.82) is 0 Å². The van der Waals surface area contributed by atoms with Crippen LogP contribution in [0.3, 0.4) is 0 Å². The van der Waals surface area contributed by atoms with Gasteiger partial charge in [-0.05, 0) is 45.0 Å². The van der Waals surface area contributed by atoms with Crippen molar-refractivity contribution in [2.75, 3.05) is 0 Å². The van der Waals surface area contributed by atoms with Crippen molar-refractivity contribution in [3.05, 3.63) is 89.5 Å². The number of halogens is 3. The zero-order chi connectivity index (χ0) is 22.5. The van der Waals surface area contributed by atoms with Crippen molar-refractivity contribution in [1.82, 2.24) is 0 Å². The van der Waals surface area contributed by atoms with E-state index >= 15 is 0 Å². The van der Waals surface area contributed by atoms with Crippen molar-refractivity contribution < 1.29 is 26.1 Å². The van der Waals surface area contributed by atoms with Crippen LogP contribution in [-0.2, 0) is 21.0 Å². The maximum Gasteiger partial charge on any atom is 0.522 e. The molecule has 3 rings (SSSR count). The molecule has 0 aromatic heterocycles. The summed E-state index contributed by atoms with van der Waals surface area (Å²) in [5, 5.41) is 0. The summed E-state index contributed by atoms with van der Waals surface area (Å²) >= 11 is 0. The second kappa shape index (κ2) is 9.68. The van der Waals surface area contributed by atoms with Gasteiger partial charge in [0.05, 0.1) is 10.9 Å². The molecule has 0 saturated heterocycles. The Bertz CT molecular complexity index is 1020. The van der Waals surface area contributed by atoms with Crippen molar-refractivity contribution in [2.24, 2.45) is 0 Å². The molecule has 0 aliphatic rings. The van der Waals surface area contributed by atoms with E-state index in [1.165, 1.54) is 31.4 Å². The van der Waals surface area contributed by atoms with Gasteiger partial charge < -0.3 is 0 Å². The first-order valence-corrected chi connectivity index (χ1v) is 11.5. The van der Waals surface area contributed by atoms with Crippen LogP contribution in [0, 0.1) is 20.8 Å². The van der Waals surface area contributed by atoms with E-state index in [1.807, 2.05) is 0 Å². The molecule has 3 nitrogen and oxygen atoms in total. The molecule has 160 valence electrons. The first-order valence-electron chi connectivity index (χ1n) is 8.88. The summed E-state index contributed by atoms with van der Waals surface area (Å²) in [6.45, 7) is 6.65. The summed E-state index contributed by atoms with van der Waals surface area (Å²) in [5.41, 5.74) is -1.43. The molecule has 1 N–H and O–H groups in total. The van der Waals surface area contributed by atoms with Crippen LogP contribution in [-0.4, -0.2) is 18.5 Å². The lowest BCUT2D eigenvalue weighted by Gasteiger charge is -2.13. The van der Waals surface area contributed by atoms with Gasteiger partial charge in [-0.25, -0.2) is 0 Å². The van der Waals surface area contributed by atoms with Crippen LogP contribution >= 0.6 is 0 Å². The minimum absolute atomic E-state index is 0.0460. The third-order valence-electron chi connectivity index (χ3n) is 4.06. The normalized spacial score (nSPS) is 11.7. The monoisotopic (exact) mass is 455 g/mol. The zero-order valence-electron chi connectivity index (χ0n) is 16.6. The van der Waals surface area contributed by atoms with E-state index in [2.05, 4.69) is 93.6 Å². The standard InChI is InChI=1S/C21H21S.CHF3O3S/c1-16-14-17(2)21(18(3)15-16)22(19-10-6-4-7-11-19)20-12-8-5-9-13-20;2-1(3,4)8(5,6)7/h4-15H,1-3H3;(H,5,6,7)/q+1;. The van der Waals surface area contributed by atoms with Crippen LogP contribution in [0.2, 0.25) is 0 Å². The SMILES string of the molecule is Cc1cc(C)c([S+](c2ccccc2)c2ccccc2)c(C)c1.O=S(=O)(O)C(F)(F)F. The van der Waals surface area contributed by atoms with Gasteiger partial charge in [-0.3, -0.25) is 4.55 Å². The van der Waals surface area contributed by atoms with E-state index in [0.29, 0.717) is 0 Å². The first kappa shape index (κ1) is 24.0. The van der Waals surface area contributed by atoms with Gasteiger partial charge >= 0.3 is 15.6 Å². The van der Waals surface area contributed by atoms with E-state index < -0.39 is 15.6 Å². The Labute approximate surface area is 177 Å². The number of aryl methyl sites for hydroxylation is 3. The summed E-state index contributed by atoms with van der Waals surface area (Å²) in [7, 11) is -5.89. The van der Waals surface area contributed by atoms with E-state index in [0.717, 1.165) is 0 Å². The topological polar surface area (TPSA) is 54.4 Å². The lowest BCUT2D eigenvalue weighted by molar-refractivity contribution is -0.0510. The van der Waals surface area contributed by atoms with Gasteiger partial charge in [0.1, 0.15) is 0 Å². The molecule has 0 radical (unpaired) electrons. The van der Waals surface area contributed by atoms with E-state index in [-0.39, 0.29) is 10.9 Å². The average molecular weight is 456 g/mol. The van der Waals surface area contributed by atoms with Crippen LogP contribution in [0.15, 0.2) is 87.5 Å². The fourth-order valence-electron chi connectivity index (χ4n) is 2.97. The van der Waals surface area contributed by atoms with Crippen molar-refractivity contribution in [2.45, 2.75) is 41.0 Å². The van der Waals surface area contributed by atoms with Crippen LogP contribution in [0.1, 0.15) is 16.7 Å². The first-order chi connectivity index (χ1) is 13.9. The highest BCUT2D eigenvalue weighted by molar-refractivity contribution is 7.97. The molecule has 0 aliphatic heterocycles. The van der Waals surface area contributed by atoms with E-state index in [1.54, 1.807) is 0 Å². The molecule has 0 atom stereocenters. The maximum atomic E-state index is 10.7. The third-order valence-corrected chi connectivity index (χ3v) is 7.18. The molecule has 0 spiro atoms. The summed E-state index contributed by atoms with van der Waals surface area (Å²) in [6.07, 6.45) is 0. The van der Waals surface area contributed by atoms with Crippen LogP contribution in [0.25, 0.3) is 0 Å². The van der Waals surface area contributed by atoms with Crippen LogP contribution < -0.4 is 0 Å². The van der Waals surface area contributed by atoms with Gasteiger partial charge in [0.15, 0.2) is 14.7 Å². The predicted octanol–water partition coefficient (Wildman–Crippen LogP) is 6.10. The molecule has 0 fully saturated rings. The second-order valence-electron chi connectivity index (χ2n) is 6.58. The summed E-state index contributed by atoms with van der Waals surface area (Å²) < 4.78 is 57.5. The fraction of sp³-hybridized carbons (Fsp3) is 0.182. The maximum absolute atomic E-state index is 10.7. The molecule has 3 aromatic rings. The Balaban J connectivity index is 0.000000343. The summed E-state index contributed by atoms with van der Waals surface area (Å²) in [5.74, 6) is 0. The van der Waals surface area contributed by atoms with Crippen molar-refractivity contribution in [3.63, 3.8) is 0 Å². The van der Waals surface area contributed by atoms with Crippen LogP contribution in [0.4, 0.5) is 13.2 Å². The highest BCUT2D eigenvalue weighted by Gasteiger charge is 2.44. The molecule has 0 bridgehead atoms. The molecular formula is C22H22F3O3S2+. The number of rotatable bonds is 3. The molecular weight excluding hydrogens is 433 g/mol. The molecule has 0 amide bonds. The Morgan fingerprint density at radius 1 is 0.767 bits per heavy atom. The second-order valence-corrected chi connectivity index (χ2v) is 9.96. The Hall–Kier alpha value is -2.29. The van der Waals surface area contributed by atoms with Gasteiger partial charge in [0.25, 0.3) is 0 Å². The fourth-order valence-corrected chi connectivity index (χ4v) is 5.34. The summed E-state index contributed by atoms with van der Waals surface area (Å²) in [4.78, 5) is 4.22. The Kier molecular flexibility index (Phi) is 7.74. The van der Waals surface area contributed by atoms with Crippen molar-refractivity contribution in [3.8, 4) is 0 Å². The smallest absolute Gasteiger partial charge is 0.279 e. The lowest BCUT2D eigenvalue weighted by atomic mass is 10.1. The Morgan fingerprint density at radius 2 is 1.10 bits per heavy atom. The molecule has 0 heterocycles. The van der Waals surface area contributed by atoms with Gasteiger partial charge in [-0.15, -0.1) is 0 Å². The predicted molar refractivity (Wildman–Crippen MR) is 113 cm³/mol. The Morgan fingerprint density at radius 3 is 1.40 bits per heavy atom. The quantitative estimate of drug-likeness (QED) is 0.295. The number of benzene rings is 3. The molecule has 0 unspecified atom stereocenters. The van der Waals surface area contributed by atoms with E-state index in [9.17, 15) is 13.2 Å². The molecule has 3 aromatic carbocycles. The molecule has 30 heavy (non-hydrogen) atoms. The van der Waals surface area contributed by atoms with Crippen LogP contribution in [0.5, 0.6) is 0 Å².